The van der Waals surface area contributed by atoms with Crippen LogP contribution >= 0.6 is 0 Å². The van der Waals surface area contributed by atoms with Crippen molar-refractivity contribution in [1.29, 1.82) is 5.26 Å². The normalized spacial score (nSPS) is 10.7. The molecule has 0 radical (unpaired) electrons. The summed E-state index contributed by atoms with van der Waals surface area (Å²) in [5, 5.41) is 10.0. The number of nitrogens with two attached hydrogens (primary N) is 1. The molecule has 0 amide bonds. The van der Waals surface area contributed by atoms with E-state index in [0.717, 1.165) is 16.5 Å². The van der Waals surface area contributed by atoms with Crippen molar-refractivity contribution in [1.82, 2.24) is 4.57 Å². The zero-order valence-corrected chi connectivity index (χ0v) is 11.4. The zero-order valence-electron chi connectivity index (χ0n) is 11.4. The van der Waals surface area contributed by atoms with Crippen LogP contribution in [0.3, 0.4) is 0 Å². The highest BCUT2D eigenvalue weighted by atomic mass is 19.1. The van der Waals surface area contributed by atoms with E-state index in [4.69, 9.17) is 11.0 Å². The van der Waals surface area contributed by atoms with Gasteiger partial charge in [-0.15, -0.1) is 0 Å². The molecule has 1 heterocycles. The molecule has 0 fully saturated rings. The summed E-state index contributed by atoms with van der Waals surface area (Å²) in [6.07, 6.45) is 1.92. The summed E-state index contributed by atoms with van der Waals surface area (Å²) in [6.45, 7) is 0.860. The Hall–Kier alpha value is -2.64. The Labute approximate surface area is 122 Å². The summed E-state index contributed by atoms with van der Waals surface area (Å²) in [5.41, 5.74) is 8.78. The molecule has 1 aromatic heterocycles. The number of benzene rings is 2. The maximum atomic E-state index is 13.9. The smallest absolute Gasteiger partial charge is 0.128 e. The maximum absolute atomic E-state index is 13.9. The molecule has 0 bridgehead atoms. The summed E-state index contributed by atoms with van der Waals surface area (Å²) < 4.78 is 15.9. The van der Waals surface area contributed by atoms with Crippen molar-refractivity contribution in [2.24, 2.45) is 5.73 Å². The largest absolute Gasteiger partial charge is 0.343 e. The second-order valence-electron chi connectivity index (χ2n) is 4.92. The van der Waals surface area contributed by atoms with E-state index in [1.54, 1.807) is 6.07 Å². The lowest BCUT2D eigenvalue weighted by Gasteiger charge is -2.08. The first kappa shape index (κ1) is 13.3. The van der Waals surface area contributed by atoms with Crippen molar-refractivity contribution in [3.63, 3.8) is 0 Å². The molecule has 2 aromatic carbocycles. The molecule has 3 aromatic rings. The number of fused-ring (bicyclic) bond motifs is 1. The predicted molar refractivity (Wildman–Crippen MR) is 80.0 cm³/mol. The molecule has 0 saturated heterocycles. The zero-order chi connectivity index (χ0) is 14.8. The maximum Gasteiger partial charge on any atom is 0.128 e. The van der Waals surface area contributed by atoms with Gasteiger partial charge in [-0.3, -0.25) is 0 Å². The lowest BCUT2D eigenvalue weighted by molar-refractivity contribution is 0.602. The molecule has 104 valence electrons. The molecule has 3 nitrogen and oxygen atoms in total. The molecule has 0 spiro atoms. The van der Waals surface area contributed by atoms with Crippen LogP contribution in [0.4, 0.5) is 4.39 Å². The summed E-state index contributed by atoms with van der Waals surface area (Å²) in [7, 11) is 0. The Morgan fingerprint density at radius 1 is 1.14 bits per heavy atom. The minimum atomic E-state index is -0.300. The van der Waals surface area contributed by atoms with Gasteiger partial charge in [0, 0.05) is 29.2 Å². The Kier molecular flexibility index (Phi) is 3.43. The van der Waals surface area contributed by atoms with Crippen LogP contribution in [-0.2, 0) is 13.1 Å². The van der Waals surface area contributed by atoms with Crippen molar-refractivity contribution in [2.45, 2.75) is 13.1 Å². The molecule has 4 heteroatoms. The van der Waals surface area contributed by atoms with Crippen LogP contribution in [0.15, 0.2) is 48.7 Å². The van der Waals surface area contributed by atoms with Crippen molar-refractivity contribution in [3.8, 4) is 6.07 Å². The van der Waals surface area contributed by atoms with Crippen LogP contribution < -0.4 is 5.73 Å². The SMILES string of the molecule is N#Cc1ccc(F)c(Cn2ccc3c(CN)cccc32)c1. The second kappa shape index (κ2) is 5.39. The number of aromatic nitrogens is 1. The molecule has 0 aliphatic rings. The van der Waals surface area contributed by atoms with Gasteiger partial charge in [-0.05, 0) is 35.9 Å². The van der Waals surface area contributed by atoms with Gasteiger partial charge in [-0.2, -0.15) is 5.26 Å². The molecule has 0 aliphatic heterocycles. The third-order valence-electron chi connectivity index (χ3n) is 3.64. The van der Waals surface area contributed by atoms with E-state index in [2.05, 4.69) is 0 Å². The first-order valence-corrected chi connectivity index (χ1v) is 6.68. The Morgan fingerprint density at radius 3 is 2.76 bits per heavy atom. The van der Waals surface area contributed by atoms with Gasteiger partial charge in [-0.1, -0.05) is 12.1 Å². The van der Waals surface area contributed by atoms with Crippen LogP contribution in [0.1, 0.15) is 16.7 Å². The molecule has 2 N–H and O–H groups in total. The van der Waals surface area contributed by atoms with Crippen molar-refractivity contribution >= 4 is 10.9 Å². The van der Waals surface area contributed by atoms with Crippen molar-refractivity contribution in [3.05, 3.63) is 71.2 Å². The third-order valence-corrected chi connectivity index (χ3v) is 3.64. The van der Waals surface area contributed by atoms with Crippen LogP contribution in [0.25, 0.3) is 10.9 Å². The number of nitrogens with zero attached hydrogens (tertiary/aromatic N) is 2. The van der Waals surface area contributed by atoms with Gasteiger partial charge in [-0.25, -0.2) is 4.39 Å². The van der Waals surface area contributed by atoms with Gasteiger partial charge >= 0.3 is 0 Å². The van der Waals surface area contributed by atoms with Crippen LogP contribution in [-0.4, -0.2) is 4.57 Å². The van der Waals surface area contributed by atoms with E-state index >= 15 is 0 Å². The average molecular weight is 279 g/mol. The minimum absolute atomic E-state index is 0.300. The molecule has 0 aliphatic carbocycles. The van der Waals surface area contributed by atoms with Gasteiger partial charge in [0.25, 0.3) is 0 Å². The van der Waals surface area contributed by atoms with Gasteiger partial charge in [0.2, 0.25) is 0 Å². The average Bonchev–Trinajstić information content (AvgIpc) is 2.92. The number of hydrogen-bond acceptors (Lipinski definition) is 2. The fourth-order valence-corrected chi connectivity index (χ4v) is 2.55. The molecule has 3 rings (SSSR count). The Morgan fingerprint density at radius 2 is 2.00 bits per heavy atom. The molecule has 0 atom stereocenters. The van der Waals surface area contributed by atoms with E-state index in [1.807, 2.05) is 41.1 Å². The molecular formula is C17H14FN3. The lowest BCUT2D eigenvalue weighted by Crippen LogP contribution is -2.02. The first-order valence-electron chi connectivity index (χ1n) is 6.68. The Balaban J connectivity index is 2.05. The van der Waals surface area contributed by atoms with Crippen LogP contribution in [0.5, 0.6) is 0 Å². The summed E-state index contributed by atoms with van der Waals surface area (Å²) in [6, 6.07) is 14.4. The van der Waals surface area contributed by atoms with E-state index in [9.17, 15) is 4.39 Å². The third kappa shape index (κ3) is 2.39. The number of nitriles is 1. The standard InChI is InChI=1S/C17H14FN3/c18-16-5-4-12(9-19)8-14(16)11-21-7-6-15-13(10-20)2-1-3-17(15)21/h1-8H,10-11,20H2. The highest BCUT2D eigenvalue weighted by Crippen LogP contribution is 2.22. The molecule has 0 saturated carbocycles. The highest BCUT2D eigenvalue weighted by Gasteiger charge is 2.08. The van der Waals surface area contributed by atoms with E-state index in [-0.39, 0.29) is 5.82 Å². The van der Waals surface area contributed by atoms with Gasteiger partial charge in [0.05, 0.1) is 18.2 Å². The lowest BCUT2D eigenvalue weighted by atomic mass is 10.1. The van der Waals surface area contributed by atoms with Crippen LogP contribution in [0, 0.1) is 17.1 Å². The summed E-state index contributed by atoms with van der Waals surface area (Å²) >= 11 is 0. The molecular weight excluding hydrogens is 265 g/mol. The number of rotatable bonds is 3. The fraction of sp³-hybridized carbons (Fsp3) is 0.118. The summed E-state index contributed by atoms with van der Waals surface area (Å²) in [5.74, 6) is -0.300. The van der Waals surface area contributed by atoms with E-state index < -0.39 is 0 Å². The second-order valence-corrected chi connectivity index (χ2v) is 4.92. The molecule has 0 unspecified atom stereocenters. The minimum Gasteiger partial charge on any atom is -0.343 e. The first-order chi connectivity index (χ1) is 10.2. The van der Waals surface area contributed by atoms with Gasteiger partial charge < -0.3 is 10.3 Å². The monoisotopic (exact) mass is 279 g/mol. The highest BCUT2D eigenvalue weighted by molar-refractivity contribution is 5.83. The summed E-state index contributed by atoms with van der Waals surface area (Å²) in [4.78, 5) is 0. The van der Waals surface area contributed by atoms with Gasteiger partial charge in [0.1, 0.15) is 5.82 Å². The van der Waals surface area contributed by atoms with Crippen molar-refractivity contribution in [2.75, 3.05) is 0 Å². The van der Waals surface area contributed by atoms with Gasteiger partial charge in [0.15, 0.2) is 0 Å². The van der Waals surface area contributed by atoms with E-state index in [0.29, 0.717) is 24.2 Å². The van der Waals surface area contributed by atoms with Crippen molar-refractivity contribution < 1.29 is 4.39 Å². The predicted octanol–water partition coefficient (Wildman–Crippen LogP) is 3.16. The Bertz CT molecular complexity index is 843. The van der Waals surface area contributed by atoms with Crippen LogP contribution in [0.2, 0.25) is 0 Å². The number of halogens is 1. The number of hydrogen-bond donors (Lipinski definition) is 1. The quantitative estimate of drug-likeness (QED) is 0.800. The molecule has 21 heavy (non-hydrogen) atoms. The topological polar surface area (TPSA) is 54.7 Å². The van der Waals surface area contributed by atoms with E-state index in [1.165, 1.54) is 12.1 Å². The fourth-order valence-electron chi connectivity index (χ4n) is 2.55.